The molecule has 3 aromatic heterocycles. The van der Waals surface area contributed by atoms with Gasteiger partial charge >= 0.3 is 29.8 Å². The number of ketones is 3. The molecule has 0 bridgehead atoms. The summed E-state index contributed by atoms with van der Waals surface area (Å²) in [5.41, 5.74) is -4.20. The number of phenols is 2. The van der Waals surface area contributed by atoms with Gasteiger partial charge in [0.05, 0.1) is 80.9 Å². The molecule has 6 atom stereocenters. The third-order valence-electron chi connectivity index (χ3n) is 13.6. The van der Waals surface area contributed by atoms with E-state index >= 15 is 0 Å². The first-order chi connectivity index (χ1) is 39.8. The van der Waals surface area contributed by atoms with E-state index < -0.39 is 152 Å². The Morgan fingerprint density at radius 1 is 0.798 bits per heavy atom. The molecule has 3 amide bonds. The lowest BCUT2D eigenvalue weighted by molar-refractivity contribution is -0.396. The maximum Gasteiger partial charge on any atom is 0.434 e. The Morgan fingerprint density at radius 3 is 1.86 bits per heavy atom. The van der Waals surface area contributed by atoms with E-state index in [4.69, 9.17) is 19.3 Å². The van der Waals surface area contributed by atoms with Crippen molar-refractivity contribution in [3.8, 4) is 17.2 Å². The van der Waals surface area contributed by atoms with Crippen LogP contribution >= 0.6 is 0 Å². The molecule has 84 heavy (non-hydrogen) atoms. The molecule has 0 saturated carbocycles. The highest BCUT2D eigenvalue weighted by molar-refractivity contribution is 6.31. The number of aryl methyl sites for hydroxylation is 3. The number of carboxylic acids is 1. The number of aliphatic hydroxyl groups excluding tert-OH is 2. The van der Waals surface area contributed by atoms with Gasteiger partial charge in [-0.05, 0) is 27.8 Å². The Balaban J connectivity index is 0.000000248. The van der Waals surface area contributed by atoms with Crippen LogP contribution < -0.4 is 10.1 Å². The average Bonchev–Trinajstić information content (AvgIpc) is 1.13. The van der Waals surface area contributed by atoms with Crippen molar-refractivity contribution < 1.29 is 103 Å². The van der Waals surface area contributed by atoms with E-state index in [0.717, 1.165) is 4.57 Å². The van der Waals surface area contributed by atoms with Crippen molar-refractivity contribution in [3.05, 3.63) is 119 Å². The van der Waals surface area contributed by atoms with Crippen LogP contribution in [0.2, 0.25) is 0 Å². The number of nitrogens with zero attached hydrogens (tertiary/aromatic N) is 10. The van der Waals surface area contributed by atoms with Crippen molar-refractivity contribution in [2.45, 2.75) is 114 Å². The molecule has 0 spiro atoms. The normalized spacial score (nSPS) is 20.4. The fourth-order valence-corrected chi connectivity index (χ4v) is 9.54. The number of amides is 3. The summed E-state index contributed by atoms with van der Waals surface area (Å²) in [6.07, 6.45) is 0.753. The topological polar surface area (TPSA) is 493 Å². The van der Waals surface area contributed by atoms with Crippen molar-refractivity contribution >= 4 is 64.9 Å². The Kier molecular flexibility index (Phi) is 19.0. The molecule has 9 rings (SSSR count). The van der Waals surface area contributed by atoms with Crippen LogP contribution in [0.5, 0.6) is 17.2 Å². The minimum absolute atomic E-state index is 0.0130. The van der Waals surface area contributed by atoms with Crippen molar-refractivity contribution in [3.63, 3.8) is 0 Å². The average molecular weight is 1180 g/mol. The molecule has 446 valence electrons. The number of carboxylic acid groups (broad SMARTS) is 1. The molecule has 2 saturated heterocycles. The Bertz CT molecular complexity index is 3450. The van der Waals surface area contributed by atoms with Crippen molar-refractivity contribution in [1.29, 1.82) is 0 Å². The van der Waals surface area contributed by atoms with Gasteiger partial charge in [0.1, 0.15) is 72.7 Å². The predicted molar refractivity (Wildman–Crippen MR) is 271 cm³/mol. The molecule has 6 unspecified atom stereocenters. The number of aromatic hydroxyl groups is 2. The highest BCUT2D eigenvalue weighted by atomic mass is 16.7. The number of rotatable bonds is 19. The maximum atomic E-state index is 13.9. The van der Waals surface area contributed by atoms with E-state index in [0.29, 0.717) is 5.06 Å². The fourth-order valence-electron chi connectivity index (χ4n) is 9.54. The summed E-state index contributed by atoms with van der Waals surface area (Å²) in [6.45, 7) is 0.332. The lowest BCUT2D eigenvalue weighted by Crippen LogP contribution is -2.56. The number of nitro groups is 3. The number of nitrogens with one attached hydrogen (secondary N) is 1. The Morgan fingerprint density at radius 2 is 1.33 bits per heavy atom. The van der Waals surface area contributed by atoms with Crippen LogP contribution in [0.15, 0.2) is 55.4 Å². The van der Waals surface area contributed by atoms with Gasteiger partial charge in [-0.1, -0.05) is 27.1 Å². The van der Waals surface area contributed by atoms with Gasteiger partial charge in [-0.2, -0.15) is 0 Å². The van der Waals surface area contributed by atoms with Gasteiger partial charge in [0.2, 0.25) is 11.7 Å². The van der Waals surface area contributed by atoms with E-state index in [2.05, 4.69) is 25.1 Å². The van der Waals surface area contributed by atoms with Crippen LogP contribution in [-0.2, 0) is 69.1 Å². The number of aliphatic hydroxyl groups is 3. The second-order valence-corrected chi connectivity index (χ2v) is 18.9. The van der Waals surface area contributed by atoms with Crippen molar-refractivity contribution in [2.75, 3.05) is 13.7 Å². The van der Waals surface area contributed by atoms with Crippen LogP contribution in [0.25, 0.3) is 0 Å². The molecule has 0 radical (unpaired) electrons. The van der Waals surface area contributed by atoms with Crippen LogP contribution in [0.3, 0.4) is 0 Å². The largest absolute Gasteiger partial charge is 0.507 e. The number of methoxy groups -OCH3 is 1. The summed E-state index contributed by atoms with van der Waals surface area (Å²) in [4.78, 5) is 143. The number of carbonyl (C=O) groups is 8. The van der Waals surface area contributed by atoms with Gasteiger partial charge in [-0.3, -0.25) is 33.6 Å². The van der Waals surface area contributed by atoms with E-state index in [1.165, 1.54) is 78.5 Å². The molecule has 7 N–H and O–H groups in total. The number of hydroxylamine groups is 2. The third-order valence-corrected chi connectivity index (χ3v) is 13.6. The number of hydrogen-bond acceptors (Lipinski definition) is 26. The first kappa shape index (κ1) is 61.6. The first-order valence-electron chi connectivity index (χ1n) is 25.1. The molecule has 35 nitrogen and oxygen atoms in total. The highest BCUT2D eigenvalue weighted by Gasteiger charge is 2.50. The SMILES string of the molecule is COc1cccc2c1C(=O)c1c(O)c3c(c(O)c1C2=O)CC(O)(C(=O)CO)CC3OC1CC(NC(=O)CCn2ccnc2[N+](=O)[O-])C(O)C(C)O1.O=C(CCn1ccnc1[N+](=O)[O-])ON1C(=O)CCC1=O.O=C(O)CCn1ccnc1[N+](=O)[O-]. The zero-order valence-corrected chi connectivity index (χ0v) is 44.1. The molecule has 4 aliphatic rings. The smallest absolute Gasteiger partial charge is 0.434 e. The number of fused-ring (bicyclic) bond motifs is 3. The molecule has 2 aliphatic heterocycles. The van der Waals surface area contributed by atoms with Gasteiger partial charge in [0.25, 0.3) is 11.8 Å². The van der Waals surface area contributed by atoms with Crippen LogP contribution in [0.1, 0.15) is 101 Å². The number of aromatic nitrogens is 6. The zero-order chi connectivity index (χ0) is 61.5. The fraction of sp³-hybridized carbons (Fsp3) is 0.408. The molecule has 5 heterocycles. The molecule has 5 aromatic rings. The van der Waals surface area contributed by atoms with E-state index in [-0.39, 0.29) is 92.1 Å². The van der Waals surface area contributed by atoms with E-state index in [1.54, 1.807) is 0 Å². The Labute approximate surface area is 470 Å². The highest BCUT2D eigenvalue weighted by Crippen LogP contribution is 2.52. The van der Waals surface area contributed by atoms with Gasteiger partial charge in [0.15, 0.2) is 17.9 Å². The number of hydrogen-bond donors (Lipinski definition) is 7. The summed E-state index contributed by atoms with van der Waals surface area (Å²) in [5, 5.41) is 98.7. The lowest BCUT2D eigenvalue weighted by Gasteiger charge is -2.43. The van der Waals surface area contributed by atoms with Gasteiger partial charge in [-0.15, -0.1) is 5.06 Å². The van der Waals surface area contributed by atoms with E-state index in [1.807, 2.05) is 0 Å². The summed E-state index contributed by atoms with van der Waals surface area (Å²) >= 11 is 0. The summed E-state index contributed by atoms with van der Waals surface area (Å²) in [5.74, 6) is -8.92. The standard InChI is InChI=1S/C33H34N4O14.C10H10N4O6.C6H7N3O4/c1-14-27(41)17(35-21(40)6-8-36-9-7-34-32(36)37(47)48)10-22(50-14)51-19-12-33(46,20(39)13-38)11-16-24(19)31(45)26-25(29(16)43)28(42)15-4-3-5-18(49-2)23(15)30(26)44;15-7-1-2-8(16)13(7)20-9(17)3-5-12-6-4-11-10(12)14(18)19;10-5(11)1-3-8-4-2-7-6(8)9(12)13/h3-5,7,9,14,17,19,22,27,38,41,43,45-46H,6,8,10-13H2,1-2H3,(H,35,40);4,6H,1-3,5H2;2,4H,1,3H2,(H,10,11). The quantitative estimate of drug-likeness (QED) is 0.0250. The number of aliphatic carboxylic acids is 1. The summed E-state index contributed by atoms with van der Waals surface area (Å²) in [7, 11) is 1.29. The number of imide groups is 1. The van der Waals surface area contributed by atoms with Gasteiger partial charge in [-0.25, -0.2) is 18.5 Å². The molecular formula is C49H51N11O24. The predicted octanol–water partition coefficient (Wildman–Crippen LogP) is 0.408. The summed E-state index contributed by atoms with van der Waals surface area (Å²) in [6, 6.07) is 3.28. The number of carbonyl (C=O) groups excluding carboxylic acids is 7. The lowest BCUT2D eigenvalue weighted by atomic mass is 9.72. The molecule has 2 fully saturated rings. The van der Waals surface area contributed by atoms with Crippen molar-refractivity contribution in [2.24, 2.45) is 0 Å². The van der Waals surface area contributed by atoms with Crippen LogP contribution in [-0.4, -0.2) is 170 Å². The first-order valence-corrected chi connectivity index (χ1v) is 25.1. The maximum absolute atomic E-state index is 13.9. The number of imidazole rings is 3. The molecule has 2 aromatic carbocycles. The number of phenolic OH excluding ortho intramolecular Hbond substituents is 2. The summed E-state index contributed by atoms with van der Waals surface area (Å²) < 4.78 is 20.8. The molecule has 35 heteroatoms. The van der Waals surface area contributed by atoms with Crippen LogP contribution in [0.4, 0.5) is 17.8 Å². The number of Topliss-reactive ketones (excluding diaryl/α,β-unsaturated/α-hetero) is 1. The zero-order valence-electron chi connectivity index (χ0n) is 44.1. The number of benzene rings is 2. The third kappa shape index (κ3) is 13.2. The van der Waals surface area contributed by atoms with Crippen LogP contribution in [0, 0.1) is 30.3 Å². The Hall–Kier alpha value is -9.97. The molecule has 2 aliphatic carbocycles. The second-order valence-electron chi connectivity index (χ2n) is 18.9. The monoisotopic (exact) mass is 1180 g/mol. The van der Waals surface area contributed by atoms with Crippen molar-refractivity contribution in [1.82, 2.24) is 39.0 Å². The minimum Gasteiger partial charge on any atom is -0.507 e. The van der Waals surface area contributed by atoms with Gasteiger partial charge in [0, 0.05) is 48.8 Å². The minimum atomic E-state index is -2.36. The van der Waals surface area contributed by atoms with E-state index in [9.17, 15) is 94.2 Å². The van der Waals surface area contributed by atoms with Gasteiger partial charge < -0.3 is 85.3 Å². The molecular weight excluding hydrogens is 1130 g/mol. The number of ether oxygens (including phenoxy) is 3. The second kappa shape index (κ2) is 25.9.